The number of oxazole rings is 1. The summed E-state index contributed by atoms with van der Waals surface area (Å²) in [5, 5.41) is 0. The van der Waals surface area contributed by atoms with Crippen molar-refractivity contribution in [2.24, 2.45) is 0 Å². The van der Waals surface area contributed by atoms with Crippen LogP contribution < -0.4 is 10.5 Å². The molecule has 0 bridgehead atoms. The number of aryl methyl sites for hydroxylation is 2. The summed E-state index contributed by atoms with van der Waals surface area (Å²) in [6.07, 6.45) is 1.55. The summed E-state index contributed by atoms with van der Waals surface area (Å²) >= 11 is 0. The number of anilines is 1. The van der Waals surface area contributed by atoms with Crippen molar-refractivity contribution in [2.45, 2.75) is 31.7 Å². The van der Waals surface area contributed by atoms with Crippen LogP contribution in [0.1, 0.15) is 30.2 Å². The lowest BCUT2D eigenvalue weighted by atomic mass is 10.2. The molecule has 0 fully saturated rings. The van der Waals surface area contributed by atoms with Crippen molar-refractivity contribution in [3.8, 4) is 0 Å². The predicted molar refractivity (Wildman–Crippen MR) is 75.6 cm³/mol. The molecule has 1 heterocycles. The van der Waals surface area contributed by atoms with E-state index in [1.807, 2.05) is 6.92 Å². The highest BCUT2D eigenvalue weighted by Crippen LogP contribution is 2.20. The number of nitrogen functional groups attached to an aromatic ring is 1. The maximum absolute atomic E-state index is 12.3. The largest absolute Gasteiger partial charge is 0.444 e. The fourth-order valence-electron chi connectivity index (χ4n) is 1.71. The van der Waals surface area contributed by atoms with E-state index in [0.29, 0.717) is 17.3 Å². The molecular weight excluding hydrogens is 278 g/mol. The van der Waals surface area contributed by atoms with Crippen LogP contribution in [-0.4, -0.2) is 13.4 Å². The van der Waals surface area contributed by atoms with Crippen LogP contribution in [0.5, 0.6) is 0 Å². The number of sulfonamides is 1. The Labute approximate surface area is 118 Å². The van der Waals surface area contributed by atoms with Crippen LogP contribution in [0.4, 0.5) is 5.69 Å². The fraction of sp³-hybridized carbons (Fsp3) is 0.308. The first-order valence-electron chi connectivity index (χ1n) is 6.10. The average molecular weight is 295 g/mol. The molecule has 0 radical (unpaired) electrons. The number of hydrogen-bond acceptors (Lipinski definition) is 5. The van der Waals surface area contributed by atoms with Gasteiger partial charge in [-0.2, -0.15) is 4.72 Å². The molecule has 0 saturated carbocycles. The molecule has 20 heavy (non-hydrogen) atoms. The van der Waals surface area contributed by atoms with Gasteiger partial charge in [0.1, 0.15) is 5.76 Å². The molecule has 1 atom stereocenters. The summed E-state index contributed by atoms with van der Waals surface area (Å²) < 4.78 is 32.3. The number of hydrogen-bond donors (Lipinski definition) is 2. The molecule has 0 aliphatic rings. The molecule has 0 spiro atoms. The maximum atomic E-state index is 12.3. The Morgan fingerprint density at radius 1 is 1.35 bits per heavy atom. The standard InChI is InChI=1S/C13H17N3O3S/c1-8-4-5-11(6-12(8)14)20(17,18)16-10(3)13-15-7-9(2)19-13/h4-7,10,16H,14H2,1-3H3. The van der Waals surface area contributed by atoms with Crippen molar-refractivity contribution in [1.29, 1.82) is 0 Å². The Morgan fingerprint density at radius 3 is 2.60 bits per heavy atom. The average Bonchev–Trinajstić information content (AvgIpc) is 2.79. The summed E-state index contributed by atoms with van der Waals surface area (Å²) in [6, 6.07) is 4.06. The Hall–Kier alpha value is -1.86. The molecule has 7 heteroatoms. The summed E-state index contributed by atoms with van der Waals surface area (Å²) in [5.41, 5.74) is 7.01. The second-order valence-electron chi connectivity index (χ2n) is 4.67. The van der Waals surface area contributed by atoms with Crippen molar-refractivity contribution in [3.63, 3.8) is 0 Å². The smallest absolute Gasteiger partial charge is 0.241 e. The third-order valence-corrected chi connectivity index (χ3v) is 4.44. The molecule has 2 aromatic rings. The first kappa shape index (κ1) is 14.5. The van der Waals surface area contributed by atoms with Gasteiger partial charge in [-0.1, -0.05) is 6.07 Å². The molecule has 0 aliphatic carbocycles. The van der Waals surface area contributed by atoms with E-state index in [2.05, 4.69) is 9.71 Å². The van der Waals surface area contributed by atoms with Crippen LogP contribution in [0.25, 0.3) is 0 Å². The molecule has 1 aromatic heterocycles. The van der Waals surface area contributed by atoms with Crippen LogP contribution in [-0.2, 0) is 10.0 Å². The number of nitrogens with one attached hydrogen (secondary N) is 1. The van der Waals surface area contributed by atoms with Gasteiger partial charge in [0.2, 0.25) is 15.9 Å². The number of nitrogens with two attached hydrogens (primary N) is 1. The second kappa shape index (κ2) is 5.26. The van der Waals surface area contributed by atoms with Gasteiger partial charge in [0.15, 0.2) is 0 Å². The van der Waals surface area contributed by atoms with Crippen LogP contribution in [0.15, 0.2) is 33.7 Å². The van der Waals surface area contributed by atoms with E-state index in [-0.39, 0.29) is 4.90 Å². The lowest BCUT2D eigenvalue weighted by molar-refractivity contribution is 0.428. The van der Waals surface area contributed by atoms with Crippen LogP contribution in [0.2, 0.25) is 0 Å². The quantitative estimate of drug-likeness (QED) is 0.840. The van der Waals surface area contributed by atoms with Gasteiger partial charge in [0.05, 0.1) is 17.1 Å². The highest BCUT2D eigenvalue weighted by molar-refractivity contribution is 7.89. The lowest BCUT2D eigenvalue weighted by Gasteiger charge is -2.12. The summed E-state index contributed by atoms with van der Waals surface area (Å²) in [7, 11) is -3.67. The maximum Gasteiger partial charge on any atom is 0.241 e. The van der Waals surface area contributed by atoms with Crippen molar-refractivity contribution >= 4 is 15.7 Å². The molecule has 3 N–H and O–H groups in total. The highest BCUT2D eigenvalue weighted by Gasteiger charge is 2.21. The van der Waals surface area contributed by atoms with E-state index in [9.17, 15) is 8.42 Å². The number of aromatic nitrogens is 1. The van der Waals surface area contributed by atoms with Crippen molar-refractivity contribution < 1.29 is 12.8 Å². The molecule has 6 nitrogen and oxygen atoms in total. The van der Waals surface area contributed by atoms with E-state index in [1.165, 1.54) is 12.1 Å². The van der Waals surface area contributed by atoms with Crippen LogP contribution in [0, 0.1) is 13.8 Å². The predicted octanol–water partition coefficient (Wildman–Crippen LogP) is 1.91. The first-order valence-corrected chi connectivity index (χ1v) is 7.58. The number of nitrogens with zero attached hydrogens (tertiary/aromatic N) is 1. The minimum Gasteiger partial charge on any atom is -0.444 e. The van der Waals surface area contributed by atoms with Crippen LogP contribution >= 0.6 is 0 Å². The summed E-state index contributed by atoms with van der Waals surface area (Å²) in [5.74, 6) is 0.955. The molecular formula is C13H17N3O3S. The molecule has 0 aliphatic heterocycles. The topological polar surface area (TPSA) is 98.2 Å². The molecule has 0 saturated heterocycles. The Morgan fingerprint density at radius 2 is 2.05 bits per heavy atom. The zero-order valence-electron chi connectivity index (χ0n) is 11.5. The van der Waals surface area contributed by atoms with Crippen LogP contribution in [0.3, 0.4) is 0 Å². The Bertz CT molecular complexity index is 722. The van der Waals surface area contributed by atoms with E-state index in [0.717, 1.165) is 5.56 Å². The zero-order chi connectivity index (χ0) is 14.9. The van der Waals surface area contributed by atoms with Gasteiger partial charge >= 0.3 is 0 Å². The molecule has 0 amide bonds. The van der Waals surface area contributed by atoms with Gasteiger partial charge in [0, 0.05) is 5.69 Å². The lowest BCUT2D eigenvalue weighted by Crippen LogP contribution is -2.27. The second-order valence-corrected chi connectivity index (χ2v) is 6.38. The SMILES string of the molecule is Cc1cnc(C(C)NS(=O)(=O)c2ccc(C)c(N)c2)o1. The highest BCUT2D eigenvalue weighted by atomic mass is 32.2. The molecule has 1 aromatic carbocycles. The fourth-order valence-corrected chi connectivity index (χ4v) is 2.94. The Kier molecular flexibility index (Phi) is 3.82. The molecule has 108 valence electrons. The Balaban J connectivity index is 2.24. The number of rotatable bonds is 4. The zero-order valence-corrected chi connectivity index (χ0v) is 12.4. The van der Waals surface area contributed by atoms with E-state index in [1.54, 1.807) is 26.1 Å². The normalized spacial score (nSPS) is 13.3. The van der Waals surface area contributed by atoms with Gasteiger partial charge in [0.25, 0.3) is 0 Å². The van der Waals surface area contributed by atoms with E-state index < -0.39 is 16.1 Å². The monoisotopic (exact) mass is 295 g/mol. The molecule has 1 unspecified atom stereocenters. The summed E-state index contributed by atoms with van der Waals surface area (Å²) in [4.78, 5) is 4.13. The van der Waals surface area contributed by atoms with Gasteiger partial charge in [-0.15, -0.1) is 0 Å². The van der Waals surface area contributed by atoms with E-state index in [4.69, 9.17) is 10.2 Å². The first-order chi connectivity index (χ1) is 9.29. The van der Waals surface area contributed by atoms with Gasteiger partial charge in [-0.25, -0.2) is 13.4 Å². The van der Waals surface area contributed by atoms with E-state index >= 15 is 0 Å². The van der Waals surface area contributed by atoms with Crippen molar-refractivity contribution in [3.05, 3.63) is 41.6 Å². The summed E-state index contributed by atoms with van der Waals surface area (Å²) in [6.45, 7) is 5.23. The van der Waals surface area contributed by atoms with Gasteiger partial charge < -0.3 is 10.2 Å². The van der Waals surface area contributed by atoms with Gasteiger partial charge in [-0.05, 0) is 38.5 Å². The van der Waals surface area contributed by atoms with Crippen molar-refractivity contribution in [2.75, 3.05) is 5.73 Å². The van der Waals surface area contributed by atoms with Gasteiger partial charge in [-0.3, -0.25) is 0 Å². The third-order valence-electron chi connectivity index (χ3n) is 2.90. The number of benzene rings is 1. The van der Waals surface area contributed by atoms with Crippen molar-refractivity contribution in [1.82, 2.24) is 9.71 Å². The third kappa shape index (κ3) is 3.00. The minimum atomic E-state index is -3.67. The molecule has 2 rings (SSSR count). The minimum absolute atomic E-state index is 0.121.